The average molecular weight is 329 g/mol. The predicted octanol–water partition coefficient (Wildman–Crippen LogP) is 3.89. The first-order valence-corrected chi connectivity index (χ1v) is 7.59. The third kappa shape index (κ3) is 5.64. The van der Waals surface area contributed by atoms with Gasteiger partial charge in [-0.3, -0.25) is 4.79 Å². The van der Waals surface area contributed by atoms with Gasteiger partial charge in [0.05, 0.1) is 12.0 Å². The summed E-state index contributed by atoms with van der Waals surface area (Å²) in [4.78, 5) is 10.9. The maximum atomic E-state index is 10.9. The highest BCUT2D eigenvalue weighted by molar-refractivity contribution is 9.09. The van der Waals surface area contributed by atoms with Crippen LogP contribution in [0.2, 0.25) is 0 Å². The van der Waals surface area contributed by atoms with E-state index in [9.17, 15) is 4.79 Å². The largest absolute Gasteiger partial charge is 0.494 e. The number of carboxylic acids is 1. The van der Waals surface area contributed by atoms with Gasteiger partial charge in [0.2, 0.25) is 0 Å². The summed E-state index contributed by atoms with van der Waals surface area (Å²) in [5.41, 5.74) is 0.597. The van der Waals surface area contributed by atoms with Crippen LogP contribution in [0, 0.1) is 5.41 Å². The topological polar surface area (TPSA) is 46.5 Å². The quantitative estimate of drug-likeness (QED) is 0.581. The Labute approximate surface area is 123 Å². The highest BCUT2D eigenvalue weighted by Gasteiger charge is 2.26. The first kappa shape index (κ1) is 16.0. The molecule has 0 atom stereocenters. The van der Waals surface area contributed by atoms with E-state index in [2.05, 4.69) is 28.1 Å². The molecule has 0 aliphatic rings. The zero-order chi connectivity index (χ0) is 14.3. The zero-order valence-electron chi connectivity index (χ0n) is 11.5. The third-order valence-corrected chi connectivity index (χ3v) is 3.50. The molecule has 4 heteroatoms. The lowest BCUT2D eigenvalue weighted by Gasteiger charge is -2.18. The van der Waals surface area contributed by atoms with E-state index >= 15 is 0 Å². The highest BCUT2D eigenvalue weighted by Crippen LogP contribution is 2.22. The van der Waals surface area contributed by atoms with Gasteiger partial charge in [-0.2, -0.15) is 0 Å². The SMILES string of the molecule is CC(C)(CCCOc1ccc(CCBr)cc1)C(=O)O. The Hall–Kier alpha value is -1.03. The molecule has 0 saturated heterocycles. The van der Waals surface area contributed by atoms with E-state index in [4.69, 9.17) is 9.84 Å². The van der Waals surface area contributed by atoms with E-state index in [0.29, 0.717) is 13.0 Å². The Balaban J connectivity index is 2.31. The standard InChI is InChI=1S/C15H21BrO3/c1-15(2,14(17)18)9-3-11-19-13-6-4-12(5-7-13)8-10-16/h4-7H,3,8-11H2,1-2H3,(H,17,18). The molecule has 0 amide bonds. The van der Waals surface area contributed by atoms with Crippen LogP contribution in [0.1, 0.15) is 32.3 Å². The second kappa shape index (κ2) is 7.53. The van der Waals surface area contributed by atoms with Crippen molar-refractivity contribution >= 4 is 21.9 Å². The highest BCUT2D eigenvalue weighted by atomic mass is 79.9. The molecule has 0 aliphatic heterocycles. The fourth-order valence-electron chi connectivity index (χ4n) is 1.67. The molecule has 0 bridgehead atoms. The minimum Gasteiger partial charge on any atom is -0.494 e. The van der Waals surface area contributed by atoms with Crippen molar-refractivity contribution in [3.8, 4) is 5.75 Å². The van der Waals surface area contributed by atoms with Crippen LogP contribution in [0.15, 0.2) is 24.3 Å². The Morgan fingerprint density at radius 2 is 1.95 bits per heavy atom. The number of rotatable bonds is 8. The van der Waals surface area contributed by atoms with E-state index in [1.54, 1.807) is 13.8 Å². The number of hydrogen-bond acceptors (Lipinski definition) is 2. The smallest absolute Gasteiger partial charge is 0.309 e. The molecule has 1 aromatic carbocycles. The van der Waals surface area contributed by atoms with E-state index in [1.165, 1.54) is 5.56 Å². The second-order valence-electron chi connectivity index (χ2n) is 5.22. The van der Waals surface area contributed by atoms with Crippen LogP contribution in [-0.4, -0.2) is 23.0 Å². The van der Waals surface area contributed by atoms with Crippen LogP contribution in [0.5, 0.6) is 5.75 Å². The van der Waals surface area contributed by atoms with Gasteiger partial charge in [0.15, 0.2) is 0 Å². The first-order valence-electron chi connectivity index (χ1n) is 6.47. The molecule has 106 valence electrons. The fraction of sp³-hybridized carbons (Fsp3) is 0.533. The van der Waals surface area contributed by atoms with E-state index in [-0.39, 0.29) is 0 Å². The first-order chi connectivity index (χ1) is 8.95. The van der Waals surface area contributed by atoms with E-state index < -0.39 is 11.4 Å². The maximum absolute atomic E-state index is 10.9. The summed E-state index contributed by atoms with van der Waals surface area (Å²) in [7, 11) is 0. The molecule has 0 aliphatic carbocycles. The Morgan fingerprint density at radius 1 is 1.32 bits per heavy atom. The molecule has 1 rings (SSSR count). The van der Waals surface area contributed by atoms with Gasteiger partial charge in [-0.25, -0.2) is 0 Å². The maximum Gasteiger partial charge on any atom is 0.309 e. The van der Waals surface area contributed by atoms with Crippen molar-refractivity contribution in [3.05, 3.63) is 29.8 Å². The number of aryl methyl sites for hydroxylation is 1. The molecular weight excluding hydrogens is 308 g/mol. The molecule has 0 fully saturated rings. The molecule has 1 aromatic rings. The molecule has 0 radical (unpaired) electrons. The van der Waals surface area contributed by atoms with Gasteiger partial charge >= 0.3 is 5.97 Å². The third-order valence-electron chi connectivity index (χ3n) is 3.10. The Bertz CT molecular complexity index is 398. The number of aliphatic carboxylic acids is 1. The minimum atomic E-state index is -0.758. The van der Waals surface area contributed by atoms with E-state index in [1.807, 2.05) is 12.1 Å². The molecule has 3 nitrogen and oxygen atoms in total. The van der Waals surface area contributed by atoms with Crippen LogP contribution in [0.4, 0.5) is 0 Å². The predicted molar refractivity (Wildman–Crippen MR) is 80.1 cm³/mol. The number of alkyl halides is 1. The number of carboxylic acid groups (broad SMARTS) is 1. The molecular formula is C15H21BrO3. The van der Waals surface area contributed by atoms with Gasteiger partial charge in [0.1, 0.15) is 5.75 Å². The summed E-state index contributed by atoms with van der Waals surface area (Å²) in [6.07, 6.45) is 2.36. The molecule has 0 spiro atoms. The van der Waals surface area contributed by atoms with Gasteiger partial charge < -0.3 is 9.84 Å². The van der Waals surface area contributed by atoms with Crippen LogP contribution in [0.25, 0.3) is 0 Å². The summed E-state index contributed by atoms with van der Waals surface area (Å²) in [5, 5.41) is 9.95. The lowest BCUT2D eigenvalue weighted by Crippen LogP contribution is -2.24. The number of carbonyl (C=O) groups is 1. The van der Waals surface area contributed by atoms with Crippen molar-refractivity contribution in [1.82, 2.24) is 0 Å². The molecule has 1 N–H and O–H groups in total. The van der Waals surface area contributed by atoms with Crippen molar-refractivity contribution in [1.29, 1.82) is 0 Å². The van der Waals surface area contributed by atoms with Crippen molar-refractivity contribution < 1.29 is 14.6 Å². The van der Waals surface area contributed by atoms with Crippen molar-refractivity contribution in [2.24, 2.45) is 5.41 Å². The van der Waals surface area contributed by atoms with Crippen LogP contribution >= 0.6 is 15.9 Å². The second-order valence-corrected chi connectivity index (χ2v) is 6.02. The molecule has 0 heterocycles. The molecule has 0 saturated carbocycles. The van der Waals surface area contributed by atoms with E-state index in [0.717, 1.165) is 23.9 Å². The Kier molecular flexibility index (Phi) is 6.35. The fourth-order valence-corrected chi connectivity index (χ4v) is 2.13. The lowest BCUT2D eigenvalue weighted by molar-refractivity contribution is -0.147. The summed E-state index contributed by atoms with van der Waals surface area (Å²) in [6.45, 7) is 4.03. The van der Waals surface area contributed by atoms with Crippen LogP contribution < -0.4 is 4.74 Å². The van der Waals surface area contributed by atoms with Crippen molar-refractivity contribution in [2.75, 3.05) is 11.9 Å². The van der Waals surface area contributed by atoms with Gasteiger partial charge in [0, 0.05) is 5.33 Å². The summed E-state index contributed by atoms with van der Waals surface area (Å²) < 4.78 is 5.61. The normalized spacial score (nSPS) is 11.3. The number of benzene rings is 1. The van der Waals surface area contributed by atoms with Crippen LogP contribution in [0.3, 0.4) is 0 Å². The monoisotopic (exact) mass is 328 g/mol. The van der Waals surface area contributed by atoms with Crippen molar-refractivity contribution in [3.63, 3.8) is 0 Å². The van der Waals surface area contributed by atoms with Crippen LogP contribution in [-0.2, 0) is 11.2 Å². The molecule has 0 aromatic heterocycles. The van der Waals surface area contributed by atoms with Crippen molar-refractivity contribution in [2.45, 2.75) is 33.1 Å². The van der Waals surface area contributed by atoms with Gasteiger partial charge in [-0.1, -0.05) is 28.1 Å². The average Bonchev–Trinajstić information content (AvgIpc) is 2.37. The number of ether oxygens (including phenoxy) is 1. The molecule has 19 heavy (non-hydrogen) atoms. The summed E-state index contributed by atoms with van der Waals surface area (Å²) in [5.74, 6) is 0.0816. The zero-order valence-corrected chi connectivity index (χ0v) is 13.1. The lowest BCUT2D eigenvalue weighted by atomic mass is 9.88. The Morgan fingerprint density at radius 3 is 2.47 bits per heavy atom. The van der Waals surface area contributed by atoms with Gasteiger partial charge in [0.25, 0.3) is 0 Å². The summed E-state index contributed by atoms with van der Waals surface area (Å²) >= 11 is 3.41. The molecule has 0 unspecified atom stereocenters. The van der Waals surface area contributed by atoms with Gasteiger partial charge in [-0.05, 0) is 50.8 Å². The number of halogens is 1. The minimum absolute atomic E-state index is 0.550. The summed E-state index contributed by atoms with van der Waals surface area (Å²) in [6, 6.07) is 8.02. The van der Waals surface area contributed by atoms with Gasteiger partial charge in [-0.15, -0.1) is 0 Å². The number of hydrogen-bond donors (Lipinski definition) is 1.